The number of hydrogen-bond acceptors (Lipinski definition) is 14. The summed E-state index contributed by atoms with van der Waals surface area (Å²) in [6, 6.07) is 39.7. The maximum absolute atomic E-state index is 12.8. The molecule has 1 aliphatic heterocycles. The Morgan fingerprint density at radius 3 is 1.61 bits per heavy atom. The molecule has 0 unspecified atom stereocenters. The van der Waals surface area contributed by atoms with Crippen molar-refractivity contribution in [3.8, 4) is 46.0 Å². The Labute approximate surface area is 503 Å². The van der Waals surface area contributed by atoms with Gasteiger partial charge < -0.3 is 49.0 Å². The smallest absolute Gasteiger partial charge is 0.378 e. The Kier molecular flexibility index (Phi) is 21.0. The number of phenols is 4. The number of aromatic nitrogens is 1. The number of amides is 1. The summed E-state index contributed by atoms with van der Waals surface area (Å²) < 4.78 is 29.0. The number of carbonyl (C=O) groups excluding carboxylic acids is 3. The molecule has 2 heterocycles. The Morgan fingerprint density at radius 2 is 1.03 bits per heavy atom. The molecule has 9 rings (SSSR count). The van der Waals surface area contributed by atoms with Crippen LogP contribution >= 0.6 is 0 Å². The molecule has 4 N–H and O–H groups in total. The quantitative estimate of drug-likeness (QED) is 0.0119. The number of esters is 2. The third kappa shape index (κ3) is 17.1. The zero-order valence-corrected chi connectivity index (χ0v) is 48.5. The lowest BCUT2D eigenvalue weighted by molar-refractivity contribution is -0.685. The highest BCUT2D eigenvalue weighted by molar-refractivity contribution is 5.95. The number of morpholine rings is 1. The van der Waals surface area contributed by atoms with Crippen LogP contribution in [0.1, 0.15) is 87.5 Å². The van der Waals surface area contributed by atoms with Crippen LogP contribution in [0.4, 0.5) is 0 Å². The number of ether oxygens (including phenoxy) is 5. The lowest BCUT2D eigenvalue weighted by atomic mass is 10.0. The van der Waals surface area contributed by atoms with Crippen molar-refractivity contribution < 1.29 is 68.0 Å². The molecule has 0 aliphatic carbocycles. The molecular weight excluding hydrogens is 1110 g/mol. The number of methoxy groups -OCH3 is 2. The van der Waals surface area contributed by atoms with Crippen molar-refractivity contribution in [2.24, 2.45) is 0 Å². The fraction of sp³-hybridized carbons (Fsp3) is 0.143. The second-order valence-electron chi connectivity index (χ2n) is 20.0. The number of rotatable bonds is 18. The molecule has 7 aromatic carbocycles. The summed E-state index contributed by atoms with van der Waals surface area (Å²) in [4.78, 5) is 49.7. The molecule has 0 bridgehead atoms. The van der Waals surface area contributed by atoms with E-state index in [0.29, 0.717) is 48.6 Å². The van der Waals surface area contributed by atoms with E-state index >= 15 is 0 Å². The second-order valence-corrected chi connectivity index (χ2v) is 20.0. The second kappa shape index (κ2) is 29.5. The number of phenolic OH excluding ortho intramolecular Hbond substituents is 4. The molecule has 1 aliphatic rings. The van der Waals surface area contributed by atoms with Crippen molar-refractivity contribution in [3.05, 3.63) is 246 Å². The van der Waals surface area contributed by atoms with E-state index in [9.17, 15) is 44.9 Å². The summed E-state index contributed by atoms with van der Waals surface area (Å²) in [5.41, 5.74) is 10.8. The summed E-state index contributed by atoms with van der Waals surface area (Å²) in [5, 5.41) is 50.7. The number of aromatic hydroxyl groups is 4. The van der Waals surface area contributed by atoms with Crippen molar-refractivity contribution in [2.45, 2.75) is 27.3 Å². The van der Waals surface area contributed by atoms with Crippen molar-refractivity contribution in [2.75, 3.05) is 40.5 Å². The van der Waals surface area contributed by atoms with E-state index in [1.165, 1.54) is 30.3 Å². The predicted octanol–water partition coefficient (Wildman–Crippen LogP) is 12.7. The van der Waals surface area contributed by atoms with E-state index in [-0.39, 0.29) is 46.9 Å². The highest BCUT2D eigenvalue weighted by Gasteiger charge is 2.20. The van der Waals surface area contributed by atoms with Crippen molar-refractivity contribution >= 4 is 72.5 Å². The van der Waals surface area contributed by atoms with E-state index in [4.69, 9.17) is 23.7 Å². The van der Waals surface area contributed by atoms with Crippen LogP contribution in [-0.2, 0) is 16.1 Å². The Hall–Kier alpha value is -11.0. The highest BCUT2D eigenvalue weighted by Crippen LogP contribution is 2.36. The first kappa shape index (κ1) is 62.0. The molecule has 1 saturated heterocycles. The molecule has 17 heteroatoms. The van der Waals surface area contributed by atoms with Crippen LogP contribution in [0.25, 0.3) is 54.7 Å². The first-order valence-electron chi connectivity index (χ1n) is 27.5. The molecule has 0 spiro atoms. The lowest BCUT2D eigenvalue weighted by Crippen LogP contribution is -2.40. The van der Waals surface area contributed by atoms with E-state index in [2.05, 4.69) is 0 Å². The summed E-state index contributed by atoms with van der Waals surface area (Å²) >= 11 is 0. The number of nitro groups is 1. The predicted molar refractivity (Wildman–Crippen MR) is 335 cm³/mol. The number of benzene rings is 7. The molecule has 1 aromatic heterocycles. The molecule has 87 heavy (non-hydrogen) atoms. The first-order valence-corrected chi connectivity index (χ1v) is 27.5. The number of hydrogen-bond donors (Lipinski definition) is 4. The standard InChI is InChI=1S/C38H37NO7.C32H26N2O7/c1-25-26(2)36(44-4)32(24-35(25)43-3)17-11-28-9-15-31(16-10-28)38(42)46-34-18-12-29(23-33(34)40)6-5-27-7-13-30(14-8-27)37(41)39-19-21-45-22-20-39;1-22-27(10-8-23-2-4-24(5-3-23)16-19-34(39)40)11-13-30(32(22)38)41-31(37)21-33-17-14-25(15-18-33)6-7-26-9-12-28(35)29(36)20-26/h5-18,23-24,40H,19-22H2,1-4H3;2-20,36,38H,21H2,1H3/p+1. The fourth-order valence-corrected chi connectivity index (χ4v) is 9.00. The highest BCUT2D eigenvalue weighted by atomic mass is 16.6. The van der Waals surface area contributed by atoms with Crippen LogP contribution in [0.15, 0.2) is 158 Å². The topological polar surface area (TPSA) is 229 Å². The number of carbonyl (C=O) groups is 3. The van der Waals surface area contributed by atoms with Crippen LogP contribution < -0.4 is 23.5 Å². The number of pyridine rings is 1. The minimum atomic E-state index is -0.582. The van der Waals surface area contributed by atoms with Gasteiger partial charge in [0.1, 0.15) is 11.5 Å². The van der Waals surface area contributed by atoms with Crippen molar-refractivity contribution in [3.63, 3.8) is 0 Å². The van der Waals surface area contributed by atoms with Gasteiger partial charge in [0.05, 0.1) is 37.9 Å². The molecule has 0 saturated carbocycles. The zero-order chi connectivity index (χ0) is 62.0. The molecule has 8 aromatic rings. The third-order valence-electron chi connectivity index (χ3n) is 14.1. The first-order chi connectivity index (χ1) is 41.9. The van der Waals surface area contributed by atoms with E-state index in [1.807, 2.05) is 111 Å². The molecule has 0 atom stereocenters. The summed E-state index contributed by atoms with van der Waals surface area (Å²) in [7, 11) is 3.29. The molecule has 442 valence electrons. The van der Waals surface area contributed by atoms with Gasteiger partial charge in [-0.25, -0.2) is 9.59 Å². The molecule has 17 nitrogen and oxygen atoms in total. The Bertz CT molecular complexity index is 3940. The average Bonchev–Trinajstić information content (AvgIpc) is 3.18. The van der Waals surface area contributed by atoms with Crippen molar-refractivity contribution in [1.29, 1.82) is 0 Å². The van der Waals surface area contributed by atoms with Gasteiger partial charge in [-0.1, -0.05) is 115 Å². The van der Waals surface area contributed by atoms with E-state index < -0.39 is 16.9 Å². The van der Waals surface area contributed by atoms with Crippen LogP contribution in [0.3, 0.4) is 0 Å². The van der Waals surface area contributed by atoms with Gasteiger partial charge in [-0.05, 0) is 137 Å². The largest absolute Gasteiger partial charge is 0.504 e. The van der Waals surface area contributed by atoms with E-state index in [0.717, 1.165) is 73.3 Å². The molecule has 1 amide bonds. The minimum Gasteiger partial charge on any atom is -0.504 e. The Morgan fingerprint density at radius 1 is 0.529 bits per heavy atom. The summed E-state index contributed by atoms with van der Waals surface area (Å²) in [5.74, 6) is -0.118. The van der Waals surface area contributed by atoms with Crippen LogP contribution in [-0.4, -0.2) is 88.6 Å². The monoisotopic (exact) mass is 1170 g/mol. The van der Waals surface area contributed by atoms with Gasteiger partial charge in [0.15, 0.2) is 46.9 Å². The normalized spacial score (nSPS) is 12.4. The third-order valence-corrected chi connectivity index (χ3v) is 14.1. The maximum atomic E-state index is 12.8. The maximum Gasteiger partial charge on any atom is 0.378 e. The molecule has 1 fully saturated rings. The molecule has 0 radical (unpaired) electrons. The molecular formula is C70H64N3O14+. The van der Waals surface area contributed by atoms with Gasteiger partial charge in [-0.3, -0.25) is 14.9 Å². The van der Waals surface area contributed by atoms with Gasteiger partial charge in [0.25, 0.3) is 5.91 Å². The average molecular weight is 1170 g/mol. The SMILES string of the molecule is COc1cc(C=Cc2ccc(C(=O)Oc3ccc(C=Cc4ccc(C(=O)N5CCOCC5)cc4)cc3O)cc2)c(OC)c(C)c1C.Cc1c(C=Cc2ccc(C=C[N+](=O)[O-])cc2)ccc(OC(=O)C[n+]2ccc(C=Cc3ccc(O)c(O)c3)cc2)c1O. The summed E-state index contributed by atoms with van der Waals surface area (Å²) in [6.45, 7) is 7.96. The van der Waals surface area contributed by atoms with E-state index in [1.54, 1.807) is 110 Å². The van der Waals surface area contributed by atoms with Crippen LogP contribution in [0, 0.1) is 30.9 Å². The van der Waals surface area contributed by atoms with Gasteiger partial charge in [-0.15, -0.1) is 0 Å². The van der Waals surface area contributed by atoms with Gasteiger partial charge >= 0.3 is 11.9 Å². The number of nitrogens with zero attached hydrogens (tertiary/aromatic N) is 3. The van der Waals surface area contributed by atoms with Crippen LogP contribution in [0.5, 0.6) is 46.0 Å². The van der Waals surface area contributed by atoms with Gasteiger partial charge in [-0.2, -0.15) is 4.57 Å². The van der Waals surface area contributed by atoms with Gasteiger partial charge in [0, 0.05) is 48.0 Å². The minimum absolute atomic E-state index is 0.00253. The lowest BCUT2D eigenvalue weighted by Gasteiger charge is -2.26. The van der Waals surface area contributed by atoms with Crippen molar-refractivity contribution in [1.82, 2.24) is 4.90 Å². The van der Waals surface area contributed by atoms with Gasteiger partial charge in [0.2, 0.25) is 12.7 Å². The Balaban J connectivity index is 0.000000227. The zero-order valence-electron chi connectivity index (χ0n) is 48.5. The van der Waals surface area contributed by atoms with Crippen LogP contribution in [0.2, 0.25) is 0 Å². The fourth-order valence-electron chi connectivity index (χ4n) is 9.00. The summed E-state index contributed by atoms with van der Waals surface area (Å²) in [6.07, 6.45) is 20.6.